The monoisotopic (exact) mass is 349 g/mol. The number of hydrogen-bond acceptors (Lipinski definition) is 4. The number of allylic oxidation sites excluding steroid dienone is 2. The number of rotatable bonds is 3. The standard InChI is InChI=1S/C16H16FN3O3S/c1-11(12-4-6-13(17)7-5-12)18-16(21)14-3-2-8-20-9-10-24(22,23)19-15(14)20/h2-8,11H,9-10H2,1H3,(H,18,21)/t11-/m0/s1. The van der Waals surface area contributed by atoms with Crippen molar-refractivity contribution in [2.24, 2.45) is 4.40 Å². The van der Waals surface area contributed by atoms with Gasteiger partial charge in [-0.15, -0.1) is 4.40 Å². The maximum atomic E-state index is 13.0. The van der Waals surface area contributed by atoms with Crippen molar-refractivity contribution in [2.75, 3.05) is 12.3 Å². The highest BCUT2D eigenvalue weighted by Gasteiger charge is 2.30. The molecule has 8 heteroatoms. The summed E-state index contributed by atoms with van der Waals surface area (Å²) < 4.78 is 40.1. The molecular formula is C16H16FN3O3S. The zero-order chi connectivity index (χ0) is 17.3. The number of halogens is 1. The zero-order valence-corrected chi connectivity index (χ0v) is 13.8. The maximum absolute atomic E-state index is 13.0. The molecule has 0 spiro atoms. The van der Waals surface area contributed by atoms with E-state index < -0.39 is 15.9 Å². The Bertz CT molecular complexity index is 857. The SMILES string of the molecule is C[C@H](NC(=O)C1=CC=CN2CCS(=O)(=O)N=C12)c1ccc(F)cc1. The van der Waals surface area contributed by atoms with Crippen LogP contribution in [0.1, 0.15) is 18.5 Å². The van der Waals surface area contributed by atoms with Gasteiger partial charge in [0, 0.05) is 12.7 Å². The minimum atomic E-state index is -3.56. The van der Waals surface area contributed by atoms with Crippen LogP contribution < -0.4 is 5.32 Å². The summed E-state index contributed by atoms with van der Waals surface area (Å²) in [6.45, 7) is 2.03. The van der Waals surface area contributed by atoms with E-state index in [0.717, 1.165) is 5.56 Å². The summed E-state index contributed by atoms with van der Waals surface area (Å²) in [6, 6.07) is 5.45. The van der Waals surface area contributed by atoms with Crippen LogP contribution in [0, 0.1) is 5.82 Å². The molecule has 1 atom stereocenters. The highest BCUT2D eigenvalue weighted by atomic mass is 32.2. The van der Waals surface area contributed by atoms with Gasteiger partial charge in [0.2, 0.25) is 0 Å². The minimum absolute atomic E-state index is 0.0816. The number of nitrogens with zero attached hydrogens (tertiary/aromatic N) is 2. The Kier molecular flexibility index (Phi) is 4.23. The first-order chi connectivity index (χ1) is 11.4. The Balaban J connectivity index is 1.81. The molecule has 1 amide bonds. The summed E-state index contributed by atoms with van der Waals surface area (Å²) in [7, 11) is -3.56. The second-order valence-electron chi connectivity index (χ2n) is 5.56. The van der Waals surface area contributed by atoms with E-state index in [0.29, 0.717) is 0 Å². The highest BCUT2D eigenvalue weighted by molar-refractivity contribution is 7.90. The van der Waals surface area contributed by atoms with Crippen molar-refractivity contribution in [3.63, 3.8) is 0 Å². The van der Waals surface area contributed by atoms with Crippen LogP contribution in [0.15, 0.2) is 52.6 Å². The number of carbonyl (C=O) groups excluding carboxylic acids is 1. The van der Waals surface area contributed by atoms with Crippen molar-refractivity contribution in [3.05, 3.63) is 59.6 Å². The van der Waals surface area contributed by atoms with Crippen LogP contribution in [-0.2, 0) is 14.8 Å². The lowest BCUT2D eigenvalue weighted by atomic mass is 10.1. The average Bonchev–Trinajstić information content (AvgIpc) is 2.54. The quantitative estimate of drug-likeness (QED) is 0.897. The van der Waals surface area contributed by atoms with E-state index in [2.05, 4.69) is 9.71 Å². The van der Waals surface area contributed by atoms with Crippen LogP contribution in [-0.4, -0.2) is 37.4 Å². The molecule has 0 bridgehead atoms. The smallest absolute Gasteiger partial charge is 0.256 e. The Hall–Kier alpha value is -2.48. The molecule has 0 radical (unpaired) electrons. The van der Waals surface area contributed by atoms with E-state index >= 15 is 0 Å². The molecule has 0 aromatic heterocycles. The molecule has 2 aliphatic heterocycles. The molecule has 0 saturated heterocycles. The minimum Gasteiger partial charge on any atom is -0.345 e. The fourth-order valence-corrected chi connectivity index (χ4v) is 3.49. The summed E-state index contributed by atoms with van der Waals surface area (Å²) in [4.78, 5) is 14.2. The fraction of sp³-hybridized carbons (Fsp3) is 0.250. The van der Waals surface area contributed by atoms with Gasteiger partial charge in [0.1, 0.15) is 5.82 Å². The first-order valence-corrected chi connectivity index (χ1v) is 9.01. The van der Waals surface area contributed by atoms with Crippen LogP contribution >= 0.6 is 0 Å². The molecule has 1 aromatic carbocycles. The van der Waals surface area contributed by atoms with Gasteiger partial charge < -0.3 is 10.2 Å². The van der Waals surface area contributed by atoms with Crippen LogP contribution in [0.4, 0.5) is 4.39 Å². The average molecular weight is 349 g/mol. The van der Waals surface area contributed by atoms with Gasteiger partial charge in [-0.25, -0.2) is 12.8 Å². The number of fused-ring (bicyclic) bond motifs is 1. The van der Waals surface area contributed by atoms with Crippen LogP contribution in [0.25, 0.3) is 0 Å². The summed E-state index contributed by atoms with van der Waals surface area (Å²) in [5.74, 6) is -0.735. The summed E-state index contributed by atoms with van der Waals surface area (Å²) in [6.07, 6.45) is 4.89. The van der Waals surface area contributed by atoms with E-state index in [9.17, 15) is 17.6 Å². The number of sulfonamides is 1. The highest BCUT2D eigenvalue weighted by Crippen LogP contribution is 2.19. The third-order valence-corrected chi connectivity index (χ3v) is 4.97. The maximum Gasteiger partial charge on any atom is 0.256 e. The second kappa shape index (κ2) is 6.20. The van der Waals surface area contributed by atoms with Gasteiger partial charge in [-0.2, -0.15) is 0 Å². The Morgan fingerprint density at radius 3 is 2.75 bits per heavy atom. The van der Waals surface area contributed by atoms with Crippen molar-refractivity contribution in [2.45, 2.75) is 13.0 Å². The van der Waals surface area contributed by atoms with Crippen LogP contribution in [0.3, 0.4) is 0 Å². The van der Waals surface area contributed by atoms with E-state index in [4.69, 9.17) is 0 Å². The third-order valence-electron chi connectivity index (χ3n) is 3.82. The van der Waals surface area contributed by atoms with Crippen LogP contribution in [0.2, 0.25) is 0 Å². The van der Waals surface area contributed by atoms with Crippen molar-refractivity contribution < 1.29 is 17.6 Å². The Morgan fingerprint density at radius 1 is 1.33 bits per heavy atom. The molecule has 1 N–H and O–H groups in total. The summed E-state index contributed by atoms with van der Waals surface area (Å²) >= 11 is 0. The molecule has 0 unspecified atom stereocenters. The number of amidine groups is 1. The van der Waals surface area contributed by atoms with Gasteiger partial charge in [0.25, 0.3) is 15.9 Å². The topological polar surface area (TPSA) is 78.8 Å². The molecule has 24 heavy (non-hydrogen) atoms. The molecule has 2 heterocycles. The van der Waals surface area contributed by atoms with Gasteiger partial charge in [-0.05, 0) is 36.8 Å². The zero-order valence-electron chi connectivity index (χ0n) is 12.9. The fourth-order valence-electron chi connectivity index (χ4n) is 2.50. The van der Waals surface area contributed by atoms with E-state index in [1.54, 1.807) is 36.2 Å². The van der Waals surface area contributed by atoms with Gasteiger partial charge in [-0.1, -0.05) is 12.1 Å². The number of amides is 1. The first kappa shape index (κ1) is 16.4. The molecule has 6 nitrogen and oxygen atoms in total. The number of hydrogen-bond donors (Lipinski definition) is 1. The van der Waals surface area contributed by atoms with Gasteiger partial charge in [-0.3, -0.25) is 4.79 Å². The molecular weight excluding hydrogens is 333 g/mol. The Morgan fingerprint density at radius 2 is 2.04 bits per heavy atom. The molecule has 0 aliphatic carbocycles. The number of carbonyl (C=O) groups is 1. The molecule has 3 rings (SSSR count). The lowest BCUT2D eigenvalue weighted by Crippen LogP contribution is -2.42. The molecule has 0 fully saturated rings. The van der Waals surface area contributed by atoms with E-state index in [-0.39, 0.29) is 35.6 Å². The summed E-state index contributed by atoms with van der Waals surface area (Å²) in [5, 5.41) is 2.78. The molecule has 2 aliphatic rings. The number of nitrogens with one attached hydrogen (secondary N) is 1. The second-order valence-corrected chi connectivity index (χ2v) is 7.32. The van der Waals surface area contributed by atoms with E-state index in [1.807, 2.05) is 0 Å². The molecule has 0 saturated carbocycles. The van der Waals surface area contributed by atoms with Crippen molar-refractivity contribution in [1.82, 2.24) is 10.2 Å². The molecule has 1 aromatic rings. The lowest BCUT2D eigenvalue weighted by molar-refractivity contribution is -0.117. The predicted molar refractivity (Wildman–Crippen MR) is 88.1 cm³/mol. The van der Waals surface area contributed by atoms with Gasteiger partial charge in [0.15, 0.2) is 5.84 Å². The molecule has 126 valence electrons. The predicted octanol–water partition coefficient (Wildman–Crippen LogP) is 1.50. The van der Waals surface area contributed by atoms with Crippen molar-refractivity contribution >= 4 is 21.8 Å². The van der Waals surface area contributed by atoms with Crippen LogP contribution in [0.5, 0.6) is 0 Å². The number of benzene rings is 1. The van der Waals surface area contributed by atoms with Gasteiger partial charge >= 0.3 is 0 Å². The van der Waals surface area contributed by atoms with E-state index in [1.165, 1.54) is 18.2 Å². The first-order valence-electron chi connectivity index (χ1n) is 7.40. The Labute approximate surface area is 139 Å². The van der Waals surface area contributed by atoms with Gasteiger partial charge in [0.05, 0.1) is 17.4 Å². The largest absolute Gasteiger partial charge is 0.345 e. The van der Waals surface area contributed by atoms with Crippen molar-refractivity contribution in [1.29, 1.82) is 0 Å². The third kappa shape index (κ3) is 3.38. The normalized spacial score (nSPS) is 19.8. The lowest BCUT2D eigenvalue weighted by Gasteiger charge is -2.29. The summed E-state index contributed by atoms with van der Waals surface area (Å²) in [5.41, 5.74) is 0.932. The van der Waals surface area contributed by atoms with Crippen molar-refractivity contribution in [3.8, 4) is 0 Å².